The van der Waals surface area contributed by atoms with E-state index in [2.05, 4.69) is 5.16 Å². The van der Waals surface area contributed by atoms with E-state index in [1.54, 1.807) is 0 Å². The largest absolute Gasteiger partial charge is 0.476 e. The predicted molar refractivity (Wildman–Crippen MR) is 40.4 cm³/mol. The normalized spacial score (nSPS) is 14.9. The van der Waals surface area contributed by atoms with Crippen LogP contribution in [0.15, 0.2) is 4.52 Å². The molecule has 1 aliphatic heterocycles. The fourth-order valence-corrected chi connectivity index (χ4v) is 1.40. The zero-order chi connectivity index (χ0) is 8.72. The Morgan fingerprint density at radius 3 is 3.17 bits per heavy atom. The van der Waals surface area contributed by atoms with Crippen LogP contribution in [-0.2, 0) is 6.42 Å². The van der Waals surface area contributed by atoms with Crippen LogP contribution < -0.4 is 4.90 Å². The lowest BCUT2D eigenvalue weighted by Gasteiger charge is -2.08. The summed E-state index contributed by atoms with van der Waals surface area (Å²) in [5, 5.41) is 12.2. The molecular formula is C7H8N2O3. The highest BCUT2D eigenvalue weighted by atomic mass is 16.5. The molecule has 5 heteroatoms. The molecule has 1 N–H and O–H groups in total. The van der Waals surface area contributed by atoms with Crippen LogP contribution in [0.4, 0.5) is 5.69 Å². The smallest absolute Gasteiger partial charge is 0.360 e. The molecule has 0 aliphatic carbocycles. The third-order valence-electron chi connectivity index (χ3n) is 1.99. The van der Waals surface area contributed by atoms with Crippen molar-refractivity contribution in [3.05, 3.63) is 11.5 Å². The highest BCUT2D eigenvalue weighted by Crippen LogP contribution is 2.29. The number of nitrogens with zero attached hydrogens (tertiary/aromatic N) is 2. The lowest BCUT2D eigenvalue weighted by atomic mass is 10.3. The van der Waals surface area contributed by atoms with Crippen molar-refractivity contribution < 1.29 is 14.4 Å². The molecule has 64 valence electrons. The van der Waals surface area contributed by atoms with Gasteiger partial charge in [0.2, 0.25) is 5.69 Å². The number of carboxylic acids is 1. The SMILES string of the molecule is CN1CCc2onc(C(=O)O)c21. The monoisotopic (exact) mass is 168 g/mol. The molecule has 0 saturated heterocycles. The maximum atomic E-state index is 10.6. The van der Waals surface area contributed by atoms with Crippen LogP contribution in [0.5, 0.6) is 0 Å². The molecule has 0 bridgehead atoms. The van der Waals surface area contributed by atoms with Crippen LogP contribution >= 0.6 is 0 Å². The van der Waals surface area contributed by atoms with Gasteiger partial charge in [0.25, 0.3) is 0 Å². The van der Waals surface area contributed by atoms with Crippen LogP contribution in [0.25, 0.3) is 0 Å². The van der Waals surface area contributed by atoms with Crippen molar-refractivity contribution in [3.63, 3.8) is 0 Å². The second-order valence-corrected chi connectivity index (χ2v) is 2.78. The summed E-state index contributed by atoms with van der Waals surface area (Å²) in [5.41, 5.74) is 0.646. The Kier molecular flexibility index (Phi) is 1.33. The first-order valence-corrected chi connectivity index (χ1v) is 3.63. The van der Waals surface area contributed by atoms with Gasteiger partial charge in [-0.3, -0.25) is 0 Å². The zero-order valence-corrected chi connectivity index (χ0v) is 6.57. The topological polar surface area (TPSA) is 66.6 Å². The minimum absolute atomic E-state index is 0.0185. The lowest BCUT2D eigenvalue weighted by Crippen LogP contribution is -2.15. The van der Waals surface area contributed by atoms with Crippen molar-refractivity contribution in [2.45, 2.75) is 6.42 Å². The van der Waals surface area contributed by atoms with E-state index in [1.165, 1.54) is 0 Å². The van der Waals surface area contributed by atoms with Gasteiger partial charge in [-0.2, -0.15) is 0 Å². The minimum atomic E-state index is -1.03. The number of carboxylic acid groups (broad SMARTS) is 1. The Bertz CT molecular complexity index is 331. The van der Waals surface area contributed by atoms with Gasteiger partial charge >= 0.3 is 5.97 Å². The minimum Gasteiger partial charge on any atom is -0.476 e. The number of hydrogen-bond donors (Lipinski definition) is 1. The molecular weight excluding hydrogens is 160 g/mol. The number of carbonyl (C=O) groups is 1. The van der Waals surface area contributed by atoms with Crippen molar-refractivity contribution in [3.8, 4) is 0 Å². The van der Waals surface area contributed by atoms with Crippen molar-refractivity contribution in [1.82, 2.24) is 5.16 Å². The van der Waals surface area contributed by atoms with Gasteiger partial charge in [-0.1, -0.05) is 5.16 Å². The number of rotatable bonds is 1. The van der Waals surface area contributed by atoms with Gasteiger partial charge in [-0.15, -0.1) is 0 Å². The van der Waals surface area contributed by atoms with Crippen molar-refractivity contribution in [2.24, 2.45) is 0 Å². The first-order valence-electron chi connectivity index (χ1n) is 3.63. The third-order valence-corrected chi connectivity index (χ3v) is 1.99. The molecule has 0 unspecified atom stereocenters. The van der Waals surface area contributed by atoms with Crippen molar-refractivity contribution >= 4 is 11.7 Å². The van der Waals surface area contributed by atoms with E-state index in [-0.39, 0.29) is 5.69 Å². The van der Waals surface area contributed by atoms with E-state index in [4.69, 9.17) is 9.63 Å². The van der Waals surface area contributed by atoms with Gasteiger partial charge in [-0.25, -0.2) is 4.79 Å². The Balaban J connectivity index is 2.53. The van der Waals surface area contributed by atoms with E-state index < -0.39 is 5.97 Å². The van der Waals surface area contributed by atoms with Crippen LogP contribution in [0.1, 0.15) is 16.2 Å². The summed E-state index contributed by atoms with van der Waals surface area (Å²) < 4.78 is 4.87. The molecule has 5 nitrogen and oxygen atoms in total. The van der Waals surface area contributed by atoms with Gasteiger partial charge in [-0.05, 0) is 0 Å². The van der Waals surface area contributed by atoms with Gasteiger partial charge in [0, 0.05) is 20.0 Å². The van der Waals surface area contributed by atoms with Gasteiger partial charge < -0.3 is 14.5 Å². The zero-order valence-electron chi connectivity index (χ0n) is 6.57. The van der Waals surface area contributed by atoms with E-state index in [1.807, 2.05) is 11.9 Å². The molecule has 2 heterocycles. The highest BCUT2D eigenvalue weighted by molar-refractivity contribution is 5.93. The first kappa shape index (κ1) is 7.15. The number of fused-ring (bicyclic) bond motifs is 1. The fourth-order valence-electron chi connectivity index (χ4n) is 1.40. The molecule has 1 aromatic rings. The molecule has 0 saturated carbocycles. The second kappa shape index (κ2) is 2.23. The van der Waals surface area contributed by atoms with Crippen LogP contribution in [0.3, 0.4) is 0 Å². The Morgan fingerprint density at radius 2 is 2.50 bits per heavy atom. The number of hydrogen-bond acceptors (Lipinski definition) is 4. The fraction of sp³-hybridized carbons (Fsp3) is 0.429. The number of aromatic nitrogens is 1. The Hall–Kier alpha value is -1.52. The number of aromatic carboxylic acids is 1. The first-order chi connectivity index (χ1) is 5.70. The van der Waals surface area contributed by atoms with Crippen LogP contribution in [0.2, 0.25) is 0 Å². The molecule has 0 radical (unpaired) electrons. The average Bonchev–Trinajstić information content (AvgIpc) is 2.53. The van der Waals surface area contributed by atoms with E-state index in [0.29, 0.717) is 11.4 Å². The second-order valence-electron chi connectivity index (χ2n) is 2.78. The molecule has 0 amide bonds. The molecule has 12 heavy (non-hydrogen) atoms. The molecule has 0 spiro atoms. The summed E-state index contributed by atoms with van der Waals surface area (Å²) in [6, 6.07) is 0. The van der Waals surface area contributed by atoms with Gasteiger partial charge in [0.05, 0.1) is 0 Å². The molecule has 0 aromatic carbocycles. The van der Waals surface area contributed by atoms with E-state index >= 15 is 0 Å². The predicted octanol–water partition coefficient (Wildman–Crippen LogP) is 0.365. The average molecular weight is 168 g/mol. The van der Waals surface area contributed by atoms with Gasteiger partial charge in [0.15, 0.2) is 5.76 Å². The summed E-state index contributed by atoms with van der Waals surface area (Å²) in [6.07, 6.45) is 0.742. The third kappa shape index (κ3) is 0.792. The number of likely N-dealkylation sites (N-methyl/N-ethyl adjacent to an activating group) is 1. The van der Waals surface area contributed by atoms with E-state index in [0.717, 1.165) is 13.0 Å². The van der Waals surface area contributed by atoms with Crippen LogP contribution in [-0.4, -0.2) is 29.8 Å². The maximum Gasteiger partial charge on any atom is 0.360 e. The Morgan fingerprint density at radius 1 is 1.75 bits per heavy atom. The quantitative estimate of drug-likeness (QED) is 0.656. The van der Waals surface area contributed by atoms with E-state index in [9.17, 15) is 4.79 Å². The molecule has 1 aromatic heterocycles. The maximum absolute atomic E-state index is 10.6. The van der Waals surface area contributed by atoms with Crippen molar-refractivity contribution in [1.29, 1.82) is 0 Å². The summed E-state index contributed by atoms with van der Waals surface area (Å²) in [5.74, 6) is -0.358. The highest BCUT2D eigenvalue weighted by Gasteiger charge is 2.28. The van der Waals surface area contributed by atoms with Gasteiger partial charge in [0.1, 0.15) is 5.69 Å². The lowest BCUT2D eigenvalue weighted by molar-refractivity contribution is 0.0686. The van der Waals surface area contributed by atoms with Crippen molar-refractivity contribution in [2.75, 3.05) is 18.5 Å². The summed E-state index contributed by atoms with van der Waals surface area (Å²) in [4.78, 5) is 12.5. The molecule has 0 atom stereocenters. The molecule has 1 aliphatic rings. The Labute approximate surface area is 68.6 Å². The summed E-state index contributed by atoms with van der Waals surface area (Å²) >= 11 is 0. The number of anilines is 1. The van der Waals surface area contributed by atoms with Crippen LogP contribution in [0, 0.1) is 0 Å². The standard InChI is InChI=1S/C7H8N2O3/c1-9-3-2-4-6(9)5(7(10)11)8-12-4/h2-3H2,1H3,(H,10,11). The molecule has 2 rings (SSSR count). The summed E-state index contributed by atoms with van der Waals surface area (Å²) in [7, 11) is 1.83. The summed E-state index contributed by atoms with van der Waals surface area (Å²) in [6.45, 7) is 0.803. The molecule has 0 fully saturated rings.